The molecule has 0 aromatic heterocycles. The zero-order valence-electron chi connectivity index (χ0n) is 19.4. The lowest BCUT2D eigenvalue weighted by Gasteiger charge is -2.14. The molecule has 0 aliphatic heterocycles. The summed E-state index contributed by atoms with van der Waals surface area (Å²) in [5, 5.41) is 8.95. The average Bonchev–Trinajstić information content (AvgIpc) is 2.68. The highest BCUT2D eigenvalue weighted by Gasteiger charge is 2.21. The van der Waals surface area contributed by atoms with E-state index in [1.807, 2.05) is 6.92 Å². The number of aliphatic hydroxyl groups excluding tert-OH is 1. The van der Waals surface area contributed by atoms with Gasteiger partial charge in [-0.25, -0.2) is 0 Å². The Morgan fingerprint density at radius 2 is 0.931 bits per heavy atom. The molecular formula is C24H50O4S. The van der Waals surface area contributed by atoms with Crippen molar-refractivity contribution < 1.29 is 18.1 Å². The standard InChI is InChI=1S/C24H50O4S/c1-3-5-6-7-8-9-10-11-12-15-18-21-24(29(26,27)28)22-19-16-13-14-17-20-23(25)4-2/h23-25H,3-22H2,1-2H3,(H,26,27,28). The van der Waals surface area contributed by atoms with E-state index in [9.17, 15) is 18.1 Å². The maximum Gasteiger partial charge on any atom is 0.267 e. The molecule has 0 aromatic carbocycles. The van der Waals surface area contributed by atoms with Gasteiger partial charge in [-0.05, 0) is 25.7 Å². The number of hydrogen-bond donors (Lipinski definition) is 2. The summed E-state index contributed by atoms with van der Waals surface area (Å²) in [7, 11) is -3.92. The van der Waals surface area contributed by atoms with Crippen molar-refractivity contribution in [2.45, 2.75) is 154 Å². The Morgan fingerprint density at radius 1 is 0.586 bits per heavy atom. The van der Waals surface area contributed by atoms with Crippen molar-refractivity contribution in [2.24, 2.45) is 0 Å². The molecule has 176 valence electrons. The SMILES string of the molecule is CCCCCCCCCCCCCC(CCCCCCCC(O)CC)S(=O)(=O)O. The van der Waals surface area contributed by atoms with Crippen LogP contribution in [0, 0.1) is 0 Å². The van der Waals surface area contributed by atoms with Crippen molar-refractivity contribution in [3.8, 4) is 0 Å². The Kier molecular flexibility index (Phi) is 19.7. The fourth-order valence-electron chi connectivity index (χ4n) is 3.96. The highest BCUT2D eigenvalue weighted by Crippen LogP contribution is 2.19. The molecule has 2 unspecified atom stereocenters. The predicted octanol–water partition coefficient (Wildman–Crippen LogP) is 7.45. The Hall–Kier alpha value is -0.130. The van der Waals surface area contributed by atoms with Gasteiger partial charge in [-0.1, -0.05) is 117 Å². The maximum atomic E-state index is 11.6. The van der Waals surface area contributed by atoms with Crippen LogP contribution in [-0.2, 0) is 10.1 Å². The first kappa shape index (κ1) is 28.9. The van der Waals surface area contributed by atoms with Crippen LogP contribution < -0.4 is 0 Å². The molecule has 2 atom stereocenters. The Balaban J connectivity index is 3.68. The van der Waals surface area contributed by atoms with Gasteiger partial charge >= 0.3 is 0 Å². The highest BCUT2D eigenvalue weighted by molar-refractivity contribution is 7.86. The monoisotopic (exact) mass is 434 g/mol. The van der Waals surface area contributed by atoms with E-state index in [1.54, 1.807) is 0 Å². The minimum absolute atomic E-state index is 0.176. The number of rotatable bonds is 22. The molecule has 2 N–H and O–H groups in total. The molecule has 29 heavy (non-hydrogen) atoms. The van der Waals surface area contributed by atoms with E-state index in [0.717, 1.165) is 57.8 Å². The summed E-state index contributed by atoms with van der Waals surface area (Å²) in [6.07, 6.45) is 21.5. The fourth-order valence-corrected chi connectivity index (χ4v) is 4.89. The second kappa shape index (κ2) is 19.8. The van der Waals surface area contributed by atoms with Gasteiger partial charge in [-0.15, -0.1) is 0 Å². The van der Waals surface area contributed by atoms with E-state index in [0.29, 0.717) is 12.8 Å². The van der Waals surface area contributed by atoms with E-state index >= 15 is 0 Å². The molecule has 0 amide bonds. The van der Waals surface area contributed by atoms with Gasteiger partial charge in [-0.3, -0.25) is 4.55 Å². The lowest BCUT2D eigenvalue weighted by molar-refractivity contribution is 0.156. The largest absolute Gasteiger partial charge is 0.393 e. The molecule has 0 saturated carbocycles. The molecular weight excluding hydrogens is 384 g/mol. The zero-order valence-corrected chi connectivity index (χ0v) is 20.2. The van der Waals surface area contributed by atoms with Gasteiger partial charge in [0.1, 0.15) is 0 Å². The van der Waals surface area contributed by atoms with Gasteiger partial charge in [0.15, 0.2) is 0 Å². The quantitative estimate of drug-likeness (QED) is 0.137. The molecule has 0 radical (unpaired) electrons. The van der Waals surface area contributed by atoms with E-state index in [4.69, 9.17) is 0 Å². The van der Waals surface area contributed by atoms with Crippen molar-refractivity contribution in [2.75, 3.05) is 0 Å². The van der Waals surface area contributed by atoms with Crippen molar-refractivity contribution >= 4 is 10.1 Å². The van der Waals surface area contributed by atoms with Crippen LogP contribution in [0.1, 0.15) is 142 Å². The predicted molar refractivity (Wildman–Crippen MR) is 125 cm³/mol. The Bertz CT molecular complexity index is 436. The van der Waals surface area contributed by atoms with Gasteiger partial charge in [0, 0.05) is 0 Å². The molecule has 0 aliphatic carbocycles. The van der Waals surface area contributed by atoms with Crippen molar-refractivity contribution in [1.29, 1.82) is 0 Å². The summed E-state index contributed by atoms with van der Waals surface area (Å²) in [4.78, 5) is 0. The summed E-state index contributed by atoms with van der Waals surface area (Å²) in [6, 6.07) is 0. The van der Waals surface area contributed by atoms with Gasteiger partial charge in [0.05, 0.1) is 11.4 Å². The minimum atomic E-state index is -3.92. The van der Waals surface area contributed by atoms with Crippen LogP contribution in [0.15, 0.2) is 0 Å². The topological polar surface area (TPSA) is 74.6 Å². The molecule has 0 spiro atoms. The van der Waals surface area contributed by atoms with Gasteiger partial charge in [0.25, 0.3) is 10.1 Å². The van der Waals surface area contributed by atoms with E-state index in [2.05, 4.69) is 6.92 Å². The molecule has 0 saturated heterocycles. The Labute approximate surface area is 182 Å². The number of hydrogen-bond acceptors (Lipinski definition) is 3. The summed E-state index contributed by atoms with van der Waals surface area (Å²) in [6.45, 7) is 4.24. The number of aliphatic hydroxyl groups is 1. The molecule has 0 bridgehead atoms. The fraction of sp³-hybridized carbons (Fsp3) is 1.00. The molecule has 0 aliphatic rings. The van der Waals surface area contributed by atoms with Crippen LogP contribution in [0.4, 0.5) is 0 Å². The summed E-state index contributed by atoms with van der Waals surface area (Å²) < 4.78 is 32.8. The van der Waals surface area contributed by atoms with E-state index in [-0.39, 0.29) is 6.10 Å². The first-order valence-electron chi connectivity index (χ1n) is 12.6. The summed E-state index contributed by atoms with van der Waals surface area (Å²) >= 11 is 0. The third kappa shape index (κ3) is 19.6. The van der Waals surface area contributed by atoms with Crippen LogP contribution in [-0.4, -0.2) is 29.4 Å². The summed E-state index contributed by atoms with van der Waals surface area (Å²) in [5.41, 5.74) is 0. The Morgan fingerprint density at radius 3 is 1.28 bits per heavy atom. The first-order chi connectivity index (χ1) is 13.9. The zero-order chi connectivity index (χ0) is 21.8. The van der Waals surface area contributed by atoms with Crippen LogP contribution >= 0.6 is 0 Å². The van der Waals surface area contributed by atoms with E-state index < -0.39 is 15.4 Å². The van der Waals surface area contributed by atoms with Gasteiger partial charge < -0.3 is 5.11 Å². The van der Waals surface area contributed by atoms with Crippen LogP contribution in [0.3, 0.4) is 0 Å². The lowest BCUT2D eigenvalue weighted by Crippen LogP contribution is -2.20. The minimum Gasteiger partial charge on any atom is -0.393 e. The van der Waals surface area contributed by atoms with Crippen LogP contribution in [0.5, 0.6) is 0 Å². The average molecular weight is 435 g/mol. The number of unbranched alkanes of at least 4 members (excludes halogenated alkanes) is 14. The maximum absolute atomic E-state index is 11.6. The third-order valence-electron chi connectivity index (χ3n) is 6.09. The first-order valence-corrected chi connectivity index (χ1v) is 14.1. The smallest absolute Gasteiger partial charge is 0.267 e. The van der Waals surface area contributed by atoms with Gasteiger partial charge in [-0.2, -0.15) is 8.42 Å². The molecule has 0 heterocycles. The second-order valence-electron chi connectivity index (χ2n) is 8.87. The summed E-state index contributed by atoms with van der Waals surface area (Å²) in [5.74, 6) is 0. The van der Waals surface area contributed by atoms with Crippen LogP contribution in [0.2, 0.25) is 0 Å². The van der Waals surface area contributed by atoms with Crippen molar-refractivity contribution in [1.82, 2.24) is 0 Å². The normalized spacial score (nSPS) is 14.2. The third-order valence-corrected chi connectivity index (χ3v) is 7.40. The molecule has 0 aromatic rings. The molecule has 4 nitrogen and oxygen atoms in total. The lowest BCUT2D eigenvalue weighted by atomic mass is 10.0. The van der Waals surface area contributed by atoms with Crippen molar-refractivity contribution in [3.63, 3.8) is 0 Å². The molecule has 0 rings (SSSR count). The highest BCUT2D eigenvalue weighted by atomic mass is 32.2. The second-order valence-corrected chi connectivity index (χ2v) is 10.6. The molecule has 5 heteroatoms. The molecule has 0 fully saturated rings. The van der Waals surface area contributed by atoms with Gasteiger partial charge in [0.2, 0.25) is 0 Å². The van der Waals surface area contributed by atoms with Crippen LogP contribution in [0.25, 0.3) is 0 Å². The van der Waals surface area contributed by atoms with Crippen molar-refractivity contribution in [3.05, 3.63) is 0 Å². The van der Waals surface area contributed by atoms with E-state index in [1.165, 1.54) is 57.8 Å².